The lowest BCUT2D eigenvalue weighted by Crippen LogP contribution is -2.45. The first-order chi connectivity index (χ1) is 10.7. The maximum atomic E-state index is 12.1. The van der Waals surface area contributed by atoms with E-state index in [1.54, 1.807) is 20.8 Å². The predicted molar refractivity (Wildman–Crippen MR) is 88.2 cm³/mol. The van der Waals surface area contributed by atoms with Gasteiger partial charge in [-0.25, -0.2) is 4.79 Å². The molecule has 0 rings (SSSR count). The number of aliphatic hydroxyl groups excluding tert-OH is 1. The topological polar surface area (TPSA) is 88.1 Å². The molecule has 0 unspecified atom stereocenters. The van der Waals surface area contributed by atoms with Crippen LogP contribution in [0.4, 0.5) is 4.79 Å². The summed E-state index contributed by atoms with van der Waals surface area (Å²) in [7, 11) is 1.54. The number of nitrogens with zero attached hydrogens (tertiary/aromatic N) is 1. The Hall–Kier alpha value is -1.34. The Bertz CT molecular complexity index is 355. The molecule has 0 saturated carbocycles. The average Bonchev–Trinajstić information content (AvgIpc) is 2.45. The van der Waals surface area contributed by atoms with Crippen molar-refractivity contribution in [1.29, 1.82) is 0 Å². The van der Waals surface area contributed by atoms with Gasteiger partial charge in [0.05, 0.1) is 6.61 Å². The van der Waals surface area contributed by atoms with E-state index in [0.717, 1.165) is 6.42 Å². The predicted octanol–water partition coefficient (Wildman–Crippen LogP) is 1.39. The number of nitrogens with one attached hydrogen (secondary N) is 1. The normalized spacial score (nSPS) is 12.6. The van der Waals surface area contributed by atoms with E-state index in [1.807, 2.05) is 6.92 Å². The zero-order valence-corrected chi connectivity index (χ0v) is 15.1. The largest absolute Gasteiger partial charge is 0.444 e. The highest BCUT2D eigenvalue weighted by atomic mass is 16.6. The maximum absolute atomic E-state index is 12.1. The van der Waals surface area contributed by atoms with Gasteiger partial charge in [0.25, 0.3) is 0 Å². The van der Waals surface area contributed by atoms with Gasteiger partial charge >= 0.3 is 6.09 Å². The van der Waals surface area contributed by atoms with Crippen LogP contribution in [-0.4, -0.2) is 67.6 Å². The molecule has 0 bridgehead atoms. The third kappa shape index (κ3) is 10.9. The first-order valence-corrected chi connectivity index (χ1v) is 8.07. The van der Waals surface area contributed by atoms with Crippen molar-refractivity contribution < 1.29 is 24.2 Å². The highest BCUT2D eigenvalue weighted by molar-refractivity contribution is 5.82. The Morgan fingerprint density at radius 1 is 1.30 bits per heavy atom. The molecule has 2 amide bonds. The fourth-order valence-electron chi connectivity index (χ4n) is 1.88. The minimum Gasteiger partial charge on any atom is -0.444 e. The number of aliphatic hydroxyl groups is 1. The highest BCUT2D eigenvalue weighted by Crippen LogP contribution is 2.10. The summed E-state index contributed by atoms with van der Waals surface area (Å²) in [6.45, 7) is 8.47. The van der Waals surface area contributed by atoms with Gasteiger partial charge in [-0.3, -0.25) is 9.69 Å². The van der Waals surface area contributed by atoms with E-state index in [9.17, 15) is 9.59 Å². The Balaban J connectivity index is 4.51. The van der Waals surface area contributed by atoms with Crippen LogP contribution in [0, 0.1) is 5.92 Å². The smallest absolute Gasteiger partial charge is 0.410 e. The second-order valence-electron chi connectivity index (χ2n) is 6.49. The van der Waals surface area contributed by atoms with Gasteiger partial charge < -0.3 is 19.9 Å². The van der Waals surface area contributed by atoms with Gasteiger partial charge in [0, 0.05) is 26.8 Å². The molecule has 0 aliphatic rings. The monoisotopic (exact) mass is 332 g/mol. The molecule has 0 heterocycles. The molecule has 23 heavy (non-hydrogen) atoms. The first kappa shape index (κ1) is 21.7. The Labute approximate surface area is 139 Å². The molecule has 0 aromatic rings. The van der Waals surface area contributed by atoms with E-state index in [1.165, 1.54) is 12.0 Å². The average molecular weight is 332 g/mol. The van der Waals surface area contributed by atoms with Gasteiger partial charge in [0.15, 0.2) is 0 Å². The number of hydrogen-bond donors (Lipinski definition) is 2. The Morgan fingerprint density at radius 3 is 2.43 bits per heavy atom. The maximum Gasteiger partial charge on any atom is 0.410 e. The molecule has 2 N–H and O–H groups in total. The van der Waals surface area contributed by atoms with Crippen LogP contribution in [0.2, 0.25) is 0 Å². The minimum absolute atomic E-state index is 0.0756. The van der Waals surface area contributed by atoms with Crippen molar-refractivity contribution in [2.45, 2.75) is 46.1 Å². The van der Waals surface area contributed by atoms with Gasteiger partial charge in [-0.2, -0.15) is 0 Å². The lowest BCUT2D eigenvalue weighted by molar-refractivity contribution is -0.122. The minimum atomic E-state index is -0.618. The quantitative estimate of drug-likeness (QED) is 0.631. The summed E-state index contributed by atoms with van der Waals surface area (Å²) in [6.07, 6.45) is 0.989. The fraction of sp³-hybridized carbons (Fsp3) is 0.875. The van der Waals surface area contributed by atoms with Crippen molar-refractivity contribution in [3.05, 3.63) is 0 Å². The van der Waals surface area contributed by atoms with Crippen LogP contribution >= 0.6 is 0 Å². The van der Waals surface area contributed by atoms with Crippen LogP contribution in [0.15, 0.2) is 0 Å². The summed E-state index contributed by atoms with van der Waals surface area (Å²) in [5.41, 5.74) is -0.618. The van der Waals surface area contributed by atoms with Gasteiger partial charge in [-0.05, 0) is 33.1 Å². The molecule has 7 heteroatoms. The van der Waals surface area contributed by atoms with Crippen LogP contribution in [0.1, 0.15) is 40.5 Å². The molecule has 7 nitrogen and oxygen atoms in total. The molecule has 0 saturated heterocycles. The van der Waals surface area contributed by atoms with Crippen molar-refractivity contribution in [1.82, 2.24) is 10.2 Å². The van der Waals surface area contributed by atoms with Crippen LogP contribution in [0.25, 0.3) is 0 Å². The molecule has 0 radical (unpaired) electrons. The Morgan fingerprint density at radius 2 is 1.96 bits per heavy atom. The number of methoxy groups -OCH3 is 1. The second kappa shape index (κ2) is 11.2. The highest BCUT2D eigenvalue weighted by Gasteiger charge is 2.23. The van der Waals surface area contributed by atoms with Crippen molar-refractivity contribution in [2.75, 3.05) is 40.0 Å². The standard InChI is InChI=1S/C16H32N2O5/c1-6-13(7-9-19)11-17-14(20)12-18(8-10-22-5)15(21)23-16(2,3)4/h13,19H,6-12H2,1-5H3,(H,17,20)/t13-/m1/s1. The molecular formula is C16H32N2O5. The van der Waals surface area contributed by atoms with Crippen molar-refractivity contribution >= 4 is 12.0 Å². The zero-order chi connectivity index (χ0) is 17.9. The molecule has 0 spiro atoms. The summed E-state index contributed by atoms with van der Waals surface area (Å²) < 4.78 is 10.3. The third-order valence-corrected chi connectivity index (χ3v) is 3.25. The summed E-state index contributed by atoms with van der Waals surface area (Å²) >= 11 is 0. The summed E-state index contributed by atoms with van der Waals surface area (Å²) in [4.78, 5) is 25.5. The third-order valence-electron chi connectivity index (χ3n) is 3.25. The number of rotatable bonds is 10. The molecule has 0 aromatic carbocycles. The molecular weight excluding hydrogens is 300 g/mol. The van der Waals surface area contributed by atoms with Crippen LogP contribution in [0.3, 0.4) is 0 Å². The van der Waals surface area contributed by atoms with E-state index in [-0.39, 0.29) is 31.5 Å². The fourth-order valence-corrected chi connectivity index (χ4v) is 1.88. The van der Waals surface area contributed by atoms with Crippen molar-refractivity contribution in [3.63, 3.8) is 0 Å². The second-order valence-corrected chi connectivity index (χ2v) is 6.49. The van der Waals surface area contributed by atoms with E-state index >= 15 is 0 Å². The van der Waals surface area contributed by atoms with Gasteiger partial charge in [0.1, 0.15) is 12.1 Å². The summed E-state index contributed by atoms with van der Waals surface area (Å²) in [6, 6.07) is 0. The summed E-state index contributed by atoms with van der Waals surface area (Å²) in [5.74, 6) is -0.0127. The molecule has 0 fully saturated rings. The molecule has 0 aromatic heterocycles. The number of carbonyl (C=O) groups excluding carboxylic acids is 2. The lowest BCUT2D eigenvalue weighted by Gasteiger charge is -2.27. The van der Waals surface area contributed by atoms with E-state index in [2.05, 4.69) is 5.32 Å². The van der Waals surface area contributed by atoms with E-state index < -0.39 is 11.7 Å². The van der Waals surface area contributed by atoms with E-state index in [4.69, 9.17) is 14.6 Å². The lowest BCUT2D eigenvalue weighted by atomic mass is 10.0. The SMILES string of the molecule is CC[C@H](CCO)CNC(=O)CN(CCOC)C(=O)OC(C)(C)C. The number of hydrogen-bond acceptors (Lipinski definition) is 5. The molecule has 0 aliphatic heterocycles. The van der Waals surface area contributed by atoms with Crippen LogP contribution in [-0.2, 0) is 14.3 Å². The molecule has 1 atom stereocenters. The van der Waals surface area contributed by atoms with Crippen molar-refractivity contribution in [3.8, 4) is 0 Å². The Kier molecular flexibility index (Phi) is 10.6. The number of carbonyl (C=O) groups is 2. The number of amides is 2. The van der Waals surface area contributed by atoms with Gasteiger partial charge in [0.2, 0.25) is 5.91 Å². The van der Waals surface area contributed by atoms with Crippen molar-refractivity contribution in [2.24, 2.45) is 5.92 Å². The van der Waals surface area contributed by atoms with E-state index in [0.29, 0.717) is 19.6 Å². The zero-order valence-electron chi connectivity index (χ0n) is 15.1. The number of ether oxygens (including phenoxy) is 2. The van der Waals surface area contributed by atoms with Gasteiger partial charge in [-0.1, -0.05) is 13.3 Å². The van der Waals surface area contributed by atoms with Gasteiger partial charge in [-0.15, -0.1) is 0 Å². The molecule has 0 aliphatic carbocycles. The summed E-state index contributed by atoms with van der Waals surface area (Å²) in [5, 5.41) is 11.8. The van der Waals surface area contributed by atoms with Crippen LogP contribution in [0.5, 0.6) is 0 Å². The molecule has 136 valence electrons. The first-order valence-electron chi connectivity index (χ1n) is 8.07. The van der Waals surface area contributed by atoms with Crippen LogP contribution < -0.4 is 5.32 Å².